The van der Waals surface area contributed by atoms with Crippen LogP contribution in [0.25, 0.3) is 132 Å². The first kappa shape index (κ1) is 30.4. The number of anilines is 5. The van der Waals surface area contributed by atoms with Crippen molar-refractivity contribution in [3.63, 3.8) is 0 Å². The molecule has 18 aromatic carbocycles. The van der Waals surface area contributed by atoms with Gasteiger partial charge in [-0.1, -0.05) is 362 Å². The van der Waals surface area contributed by atoms with E-state index in [1.807, 2.05) is 71.7 Å². The van der Waals surface area contributed by atoms with Crippen molar-refractivity contribution in [1.29, 1.82) is 0 Å². The summed E-state index contributed by atoms with van der Waals surface area (Å²) >= 11 is 8.21. The van der Waals surface area contributed by atoms with Crippen LogP contribution in [0, 0.1) is 0 Å². The van der Waals surface area contributed by atoms with E-state index >= 15 is 0 Å². The molecule has 704 valence electrons. The molecule has 0 fully saturated rings. The first-order chi connectivity index (χ1) is 127. The number of halogens is 2. The van der Waals surface area contributed by atoms with Crippen molar-refractivity contribution in [1.82, 2.24) is 0 Å². The highest BCUT2D eigenvalue weighted by atomic mass is 127. The molecule has 0 radical (unpaired) electrons. The molecule has 2 aliphatic carbocycles. The zero-order valence-corrected chi connectivity index (χ0v) is 67.7. The Kier molecular flexibility index (Phi) is 7.77. The third-order valence-corrected chi connectivity index (χ3v) is 24.1. The van der Waals surface area contributed by atoms with E-state index in [1.54, 1.807) is 0 Å². The highest BCUT2D eigenvalue weighted by Crippen LogP contribution is 2.61. The molecule has 4 heterocycles. The van der Waals surface area contributed by atoms with Gasteiger partial charge in [0.1, 0.15) is 44.7 Å². The second kappa shape index (κ2) is 30.4. The average molecular weight is 1940 g/mol. The molecule has 0 bridgehead atoms. The topological polar surface area (TPSA) is 67.8 Å². The van der Waals surface area contributed by atoms with Crippen molar-refractivity contribution in [2.24, 2.45) is 0 Å². The van der Waals surface area contributed by atoms with Gasteiger partial charge in [-0.2, -0.15) is 0 Å². The monoisotopic (exact) mass is 1940 g/mol. The molecule has 0 aliphatic heterocycles. The smallest absolute Gasteiger partial charge is 0.147 e. The van der Waals surface area contributed by atoms with E-state index in [9.17, 15) is 0 Å². The maximum atomic E-state index is 6.84. The number of rotatable bonds is 11. The first-order valence-corrected chi connectivity index (χ1v) is 42.6. The van der Waals surface area contributed by atoms with Crippen LogP contribution in [0.1, 0.15) is 248 Å². The summed E-state index contributed by atoms with van der Waals surface area (Å²) in [5.41, 5.74) is 31.2. The van der Waals surface area contributed by atoms with Gasteiger partial charge in [0.15, 0.2) is 0 Å². The Balaban J connectivity index is -0.0000000407. The van der Waals surface area contributed by atoms with Crippen molar-refractivity contribution < 1.29 is 221 Å². The van der Waals surface area contributed by atoms with E-state index < -0.39 is 5.41 Å². The van der Waals surface area contributed by atoms with Crippen molar-refractivity contribution in [2.75, 3.05) is 15.1 Å². The lowest BCUT2D eigenvalue weighted by Crippen LogP contribution is -2.28. The molecule has 119 heavy (non-hydrogen) atoms. The van der Waals surface area contributed by atoms with Crippen LogP contribution < -0.4 is 10.2 Å². The molecule has 22 aromatic rings. The van der Waals surface area contributed by atoms with Crippen LogP contribution in [-0.2, 0) is 10.8 Å². The number of furan rings is 4. The molecule has 24 rings (SSSR count). The lowest BCUT2D eigenvalue weighted by molar-refractivity contribution is 0.662. The van der Waals surface area contributed by atoms with E-state index in [2.05, 4.69) is 391 Å². The summed E-state index contributed by atoms with van der Waals surface area (Å²) in [6.45, 7) is 0. The van der Waals surface area contributed by atoms with E-state index in [1.165, 1.54) is 66.8 Å². The fourth-order valence-corrected chi connectivity index (χ4v) is 19.1. The first-order valence-electron chi connectivity index (χ1n) is 108. The van der Waals surface area contributed by atoms with Crippen LogP contribution in [0.2, 0.25) is 5.02 Å². The maximum absolute atomic E-state index is 6.84. The van der Waals surface area contributed by atoms with Crippen LogP contribution in [0.3, 0.4) is 0 Å². The number of hydrogen-bond donors (Lipinski definition) is 1. The number of fused-ring (bicyclic) bond motifs is 20. The number of para-hydroxylation sites is 6. The molecular formula is C111H212ClIN2O4. The van der Waals surface area contributed by atoms with Gasteiger partial charge in [0.25, 0.3) is 0 Å². The van der Waals surface area contributed by atoms with E-state index in [-0.39, 0.29) is 6.84 Å². The van der Waals surface area contributed by atoms with Crippen LogP contribution in [-0.4, -0.2) is 4.93 Å². The minimum absolute atomic E-state index is 0. The zero-order chi connectivity index (χ0) is 216. The summed E-state index contributed by atoms with van der Waals surface area (Å²) in [6.07, 6.45) is 0. The Bertz CT molecular complexity index is 7710. The van der Waals surface area contributed by atoms with Gasteiger partial charge in [-0.15, -0.1) is 0 Å². The third kappa shape index (κ3) is 12.0. The highest BCUT2D eigenvalue weighted by Gasteiger charge is 2.49. The van der Waals surface area contributed by atoms with Crippen LogP contribution in [0.5, 0.6) is 0 Å². The van der Waals surface area contributed by atoms with Gasteiger partial charge in [0, 0.05) is 286 Å². The summed E-state index contributed by atoms with van der Waals surface area (Å²) in [5.74, 6) is 0. The number of alkyl halides is 1. The summed E-state index contributed by atoms with van der Waals surface area (Å²) < 4.78 is 706. The molecule has 6 nitrogen and oxygen atoms in total. The Morgan fingerprint density at radius 2 is 0.630 bits per heavy atom. The number of nitrogens with one attached hydrogen (secondary N) is 1. The Labute approximate surface area is 918 Å². The number of benzene rings is 18. The van der Waals surface area contributed by atoms with Gasteiger partial charge < -0.3 is 27.9 Å². The van der Waals surface area contributed by atoms with E-state index in [4.69, 9.17) is 231 Å². The summed E-state index contributed by atoms with van der Waals surface area (Å²) in [5, 5.41) is 13.0. The van der Waals surface area contributed by atoms with E-state index in [0.29, 0.717) is 0 Å². The molecule has 0 saturated heterocycles. The van der Waals surface area contributed by atoms with Gasteiger partial charge in [-0.05, 0) is 169 Å². The standard InChI is InChI=1S/C55H35NO2.C31H23N.C24H13ClO2.CH3I.69H2/c1-4-16-37(17-5-1)55(38-18-6-2-7-19-38)46-26-12-10-22-44(46)51-47(55)27-15-28-48(51)56(39-20-8-3-9-21-39)40-32-30-36(31-33-40)41-24-14-25-42-43-34-35-50-52(54(43)58-53(41)42)45-23-11-13-29-49(45)57-50;1-4-13-23(14-5-1)31(24-15-6-2-7-16-24)27-20-11-10-19-26(27)30-28(31)21-12-22-29(30)32-25-17-8-3-9-18-25;25-15-10-8-14(9-11-15)16-5-3-6-17-18-12-13-21-22(24(18)27-23(16)17)19-4-1-2-7-20(19)26-21;1-2;;;;;;;;;;;;;;;;;;;;;;;;;;;;;;;;;;;;;;;;;;;;;;;;;;;;;;;;;;;;;;;;;;;;;/h1-35H;1-22,32H;1-13H;1H3;69*1H/i;;;;68*1+1D;1+1. The molecule has 0 spiro atoms. The number of hydrogen-bond acceptors (Lipinski definition) is 6. The minimum atomic E-state index is -0.490. The average Bonchev–Trinajstić information content (AvgIpc) is 1.53. The van der Waals surface area contributed by atoms with Crippen LogP contribution in [0.4, 0.5) is 28.4 Å². The molecule has 2 aliphatic rings. The SMILES string of the molecule is CI.Clc1ccc(-c2cccc3c2oc2c3ccc3oc4ccccc4c32)cc1.[2HH].[2H][2H].[2H][2H].[2H][2H].[2H][2H].[2H][2H].[2H][2H].[2H][2H].[2H][2H].[2H][2H].[2H][2H].[2H][2H].[2H][2H].[2H][2H].[2H][2H].[2H][2H].[2H][2H].[2H][2H].[2H][2H].[2H][2H].[2H][2H].[2H][2H].[2H][2H].[2H][2H].[2H][2H].[2H][2H].[2H][2H].[2H][2H].[2H][2H].[2H][2H].[2H][2H].[2H][2H].[2H][2H].[2H][2H].[2H][2H].[2H][2H].[2H][2H].[2H][2H].[2H][2H].[2H][2H].[2H][2H].[2H][2H].[2H][2H].[2H][2H].[2H][2H].[2H][2H].[2H][2H].[2H][2H].[2H][2H].[2H][2H].[2H][2H].[2H][2H].[2H][2H].[2H][2H].[2H][2H].[2H][2H].[2H][2H].[2H][2H].[2H][2H].[2H][2H].[2H][2H].[2H][2H].[2H][2H].[2H][2H].[2H][2H].[2H][2H].[2H][2H].[2H][2H].[2H][2H].c1ccc(N(c2ccc(-c3cccc4c3oc3c4ccc4oc5ccccc5c43)cc2)c2cccc3c2-c2ccccc2C3(c2ccccc2)c2ccccc2)cc1.c1ccc(Nc2cccc3c2-c2ccccc2C3(c2ccccc2)c2ccccc2)cc1. The molecule has 0 atom stereocenters. The Morgan fingerprint density at radius 1 is 0.277 bits per heavy atom. The molecule has 0 amide bonds. The fraction of sp³-hybridized carbons (Fsp3) is 0.0270. The normalized spacial score (nSPS) is 17.2. The lowest BCUT2D eigenvalue weighted by Gasteiger charge is -2.34. The van der Waals surface area contributed by atoms with Gasteiger partial charge >= 0.3 is 0 Å². The molecule has 0 unspecified atom stereocenters. The van der Waals surface area contributed by atoms with Crippen molar-refractivity contribution in [3.8, 4) is 44.5 Å². The molecule has 4 aromatic heterocycles. The van der Waals surface area contributed by atoms with Crippen molar-refractivity contribution in [3.05, 3.63) is 474 Å². The molecule has 1 N–H and O–H groups in total. The minimum Gasteiger partial charge on any atom is -0.456 e. The molecule has 8 heteroatoms. The molecular weight excluding hydrogens is 1590 g/mol. The second-order valence-electron chi connectivity index (χ2n) is 30.1. The predicted octanol–water partition coefficient (Wildman–Crippen LogP) is 48.6. The van der Waals surface area contributed by atoms with Gasteiger partial charge in [0.2, 0.25) is 0 Å². The lowest BCUT2D eigenvalue weighted by atomic mass is 9.68. The van der Waals surface area contributed by atoms with Crippen LogP contribution in [0.15, 0.2) is 442 Å². The van der Waals surface area contributed by atoms with Gasteiger partial charge in [0.05, 0.1) is 27.3 Å². The van der Waals surface area contributed by atoms with Crippen LogP contribution >= 0.6 is 34.2 Å². The van der Waals surface area contributed by atoms with Crippen molar-refractivity contribution in [2.45, 2.75) is 10.8 Å². The largest absolute Gasteiger partial charge is 0.456 e. The molecule has 0 saturated carbocycles. The predicted molar refractivity (Wildman–Crippen MR) is 649 cm³/mol. The quantitative estimate of drug-likeness (QED) is 0.103. The third-order valence-electron chi connectivity index (χ3n) is 23.9. The summed E-state index contributed by atoms with van der Waals surface area (Å²) in [7, 11) is 0. The second-order valence-corrected chi connectivity index (χ2v) is 30.5. The Hall–Kier alpha value is -14.2. The zero-order valence-electron chi connectivity index (χ0n) is 201. The number of nitrogens with zero attached hydrogens (tertiary/aromatic N) is 1. The van der Waals surface area contributed by atoms with Crippen molar-refractivity contribution >= 4 is 150 Å². The highest BCUT2D eigenvalue weighted by molar-refractivity contribution is 14.1. The van der Waals surface area contributed by atoms with Gasteiger partial charge in [-0.25, -0.2) is 0 Å². The summed E-state index contributed by atoms with van der Waals surface area (Å²) in [4.78, 5) is 4.38. The summed E-state index contributed by atoms with van der Waals surface area (Å²) in [6, 6.07) is 150. The maximum Gasteiger partial charge on any atom is 0.147 e. The van der Waals surface area contributed by atoms with Gasteiger partial charge in [-0.3, -0.25) is 0 Å². The fourth-order valence-electron chi connectivity index (χ4n) is 18.9. The van der Waals surface area contributed by atoms with E-state index in [0.717, 1.165) is 143 Å². The Morgan fingerprint density at radius 3 is 1.12 bits per heavy atom.